The lowest BCUT2D eigenvalue weighted by Crippen LogP contribution is -2.49. The topological polar surface area (TPSA) is 194 Å². The fourth-order valence-electron chi connectivity index (χ4n) is 10.6. The van der Waals surface area contributed by atoms with Gasteiger partial charge in [-0.05, 0) is 83.3 Å². The lowest BCUT2D eigenvalue weighted by Gasteiger charge is -2.33. The Morgan fingerprint density at radius 1 is 0.652 bits per heavy atom. The quantitative estimate of drug-likeness (QED) is 0.0864. The molecule has 1 spiro atoms. The van der Waals surface area contributed by atoms with E-state index in [1.165, 1.54) is 19.1 Å². The van der Waals surface area contributed by atoms with Crippen LogP contribution in [0.15, 0.2) is 97.1 Å². The van der Waals surface area contributed by atoms with E-state index in [1.807, 2.05) is 36.4 Å². The minimum absolute atomic E-state index is 0.0124. The van der Waals surface area contributed by atoms with Gasteiger partial charge < -0.3 is 50.0 Å². The Morgan fingerprint density at radius 3 is 1.61 bits per heavy atom. The number of nitrogens with zero attached hydrogens (tertiary/aromatic N) is 2. The molecule has 8 rings (SSSR count). The van der Waals surface area contributed by atoms with Crippen LogP contribution in [0.25, 0.3) is 11.1 Å². The number of carbonyl (C=O) groups is 6. The summed E-state index contributed by atoms with van der Waals surface area (Å²) in [7, 11) is 2.46. The molecular formula is C53H62N6O10. The van der Waals surface area contributed by atoms with Gasteiger partial charge in [0.15, 0.2) is 5.79 Å². The van der Waals surface area contributed by atoms with Crippen molar-refractivity contribution < 1.29 is 47.7 Å². The van der Waals surface area contributed by atoms with Crippen molar-refractivity contribution in [2.45, 2.75) is 107 Å². The summed E-state index contributed by atoms with van der Waals surface area (Å²) in [5.41, 5.74) is 6.05. The molecule has 1 aliphatic carbocycles. The zero-order valence-electron chi connectivity index (χ0n) is 39.7. The lowest BCUT2D eigenvalue weighted by molar-refractivity contribution is -0.153. The van der Waals surface area contributed by atoms with Gasteiger partial charge >= 0.3 is 12.2 Å². The van der Waals surface area contributed by atoms with Crippen LogP contribution in [-0.2, 0) is 43.5 Å². The highest BCUT2D eigenvalue weighted by Crippen LogP contribution is 2.55. The molecule has 4 N–H and O–H groups in total. The SMILES string of the molecule is CCCCC1(CCCC)c2cc(NC(=O)[C@@H]3CCCN3C(=O)[C@H](NC(=O)OC)c3ccccc3)ccc2-c2ccc(NC(=O)[C@@H]3CC4(CN3C(=O)[C@H](NC(=O)OC)c3ccccc3)OCCO4)cc21. The molecule has 4 atom stereocenters. The molecule has 0 saturated carbocycles. The first-order valence-corrected chi connectivity index (χ1v) is 24.0. The number of hydrogen-bond acceptors (Lipinski definition) is 10. The smallest absolute Gasteiger partial charge is 0.407 e. The fourth-order valence-corrected chi connectivity index (χ4v) is 10.6. The number of likely N-dealkylation sites (tertiary alicyclic amines) is 2. The third-order valence-corrected chi connectivity index (χ3v) is 14.0. The molecule has 4 aromatic carbocycles. The zero-order valence-corrected chi connectivity index (χ0v) is 39.7. The second-order valence-electron chi connectivity index (χ2n) is 18.2. The maximum Gasteiger partial charge on any atom is 0.407 e. The van der Waals surface area contributed by atoms with Gasteiger partial charge in [-0.2, -0.15) is 0 Å². The van der Waals surface area contributed by atoms with Gasteiger partial charge in [0.2, 0.25) is 11.8 Å². The lowest BCUT2D eigenvalue weighted by atomic mass is 9.70. The predicted molar refractivity (Wildman–Crippen MR) is 258 cm³/mol. The van der Waals surface area contributed by atoms with E-state index in [1.54, 1.807) is 53.4 Å². The number of unbranched alkanes of at least 4 members (excludes halogenated alkanes) is 2. The first-order valence-electron chi connectivity index (χ1n) is 24.0. The van der Waals surface area contributed by atoms with Crippen molar-refractivity contribution in [3.8, 4) is 11.1 Å². The second-order valence-corrected chi connectivity index (χ2v) is 18.2. The van der Waals surface area contributed by atoms with Crippen molar-refractivity contribution in [3.05, 3.63) is 119 Å². The van der Waals surface area contributed by atoms with Crippen LogP contribution in [-0.4, -0.2) is 104 Å². The number of nitrogens with one attached hydrogen (secondary N) is 4. The summed E-state index contributed by atoms with van der Waals surface area (Å²) >= 11 is 0. The van der Waals surface area contributed by atoms with Crippen molar-refractivity contribution in [1.29, 1.82) is 0 Å². The van der Waals surface area contributed by atoms with Gasteiger partial charge in [0.1, 0.15) is 24.2 Å². The highest BCUT2D eigenvalue weighted by molar-refractivity contribution is 6.01. The molecule has 0 radical (unpaired) electrons. The van der Waals surface area contributed by atoms with Crippen LogP contribution in [0, 0.1) is 0 Å². The van der Waals surface area contributed by atoms with Gasteiger partial charge in [0.05, 0.1) is 34.0 Å². The average molecular weight is 943 g/mol. The largest absolute Gasteiger partial charge is 0.453 e. The van der Waals surface area contributed by atoms with Gasteiger partial charge in [-0.3, -0.25) is 19.2 Å². The molecule has 4 aromatic rings. The number of ether oxygens (including phenoxy) is 4. The van der Waals surface area contributed by atoms with Gasteiger partial charge in [-0.25, -0.2) is 9.59 Å². The van der Waals surface area contributed by atoms with Gasteiger partial charge in [-0.1, -0.05) is 112 Å². The number of methoxy groups -OCH3 is 2. The number of amides is 6. The molecule has 69 heavy (non-hydrogen) atoms. The van der Waals surface area contributed by atoms with Crippen LogP contribution in [0.3, 0.4) is 0 Å². The number of benzene rings is 4. The summed E-state index contributed by atoms with van der Waals surface area (Å²) in [5, 5.41) is 11.6. The molecule has 6 amide bonds. The number of anilines is 2. The summed E-state index contributed by atoms with van der Waals surface area (Å²) in [4.78, 5) is 85.4. The Balaban J connectivity index is 1.07. The highest BCUT2D eigenvalue weighted by atomic mass is 16.7. The maximum absolute atomic E-state index is 14.6. The standard InChI is InChI=1S/C53H62N6O10/c1-5-7-25-52(26-8-6-2)40-30-36(54-46(60)42-20-15-27-58(42)48(62)44(56-50(64)66-3)34-16-11-9-12-17-34)21-23-38(40)39-24-22-37(31-41(39)52)55-47(61)43-32-53(68-28-29-69-53)33-59(43)49(63)45(57-51(65)67-4)35-18-13-10-14-19-35/h9-14,16-19,21-24,30-31,42-45H,5-8,15,20,25-29,32-33H2,1-4H3,(H,54,60)(H,55,61)(H,56,64)(H,57,65)/t42-,43-,44+,45+/m0/s1. The van der Waals surface area contributed by atoms with Gasteiger partial charge in [0, 0.05) is 29.8 Å². The molecule has 3 saturated heterocycles. The Kier molecular flexibility index (Phi) is 15.0. The monoisotopic (exact) mass is 942 g/mol. The molecule has 3 fully saturated rings. The molecule has 0 unspecified atom stereocenters. The molecule has 3 heterocycles. The summed E-state index contributed by atoms with van der Waals surface area (Å²) in [6, 6.07) is 25.7. The zero-order chi connectivity index (χ0) is 48.7. The number of carbonyl (C=O) groups excluding carboxylic acids is 6. The molecule has 4 aliphatic rings. The molecule has 0 aromatic heterocycles. The molecule has 16 heteroatoms. The van der Waals surface area contributed by atoms with Crippen molar-refractivity contribution in [1.82, 2.24) is 20.4 Å². The highest BCUT2D eigenvalue weighted by Gasteiger charge is 2.54. The number of fused-ring (bicyclic) bond motifs is 3. The third kappa shape index (κ3) is 10.0. The van der Waals surface area contributed by atoms with Crippen LogP contribution >= 0.6 is 0 Å². The van der Waals surface area contributed by atoms with E-state index in [9.17, 15) is 28.8 Å². The predicted octanol–water partition coefficient (Wildman–Crippen LogP) is 7.74. The molecule has 16 nitrogen and oxygen atoms in total. The van der Waals surface area contributed by atoms with Gasteiger partial charge in [-0.15, -0.1) is 0 Å². The molecular weight excluding hydrogens is 881 g/mol. The molecule has 364 valence electrons. The van der Waals surface area contributed by atoms with Crippen molar-refractivity contribution >= 4 is 47.2 Å². The first kappa shape index (κ1) is 48.7. The van der Waals surface area contributed by atoms with Crippen LogP contribution in [0.2, 0.25) is 0 Å². The van der Waals surface area contributed by atoms with Crippen LogP contribution < -0.4 is 21.3 Å². The van der Waals surface area contributed by atoms with E-state index in [2.05, 4.69) is 47.2 Å². The summed E-state index contributed by atoms with van der Waals surface area (Å²) in [6.07, 6.45) is 5.07. The van der Waals surface area contributed by atoms with Crippen LogP contribution in [0.4, 0.5) is 21.0 Å². The second kappa shape index (κ2) is 21.2. The maximum atomic E-state index is 14.6. The Bertz CT molecular complexity index is 2520. The van der Waals surface area contributed by atoms with Crippen LogP contribution in [0.1, 0.15) is 106 Å². The van der Waals surface area contributed by atoms with Crippen molar-refractivity contribution in [3.63, 3.8) is 0 Å². The first-order chi connectivity index (χ1) is 33.4. The molecule has 0 bridgehead atoms. The number of hydrogen-bond donors (Lipinski definition) is 4. The fraction of sp³-hybridized carbons (Fsp3) is 0.434. The number of alkyl carbamates (subject to hydrolysis) is 2. The van der Waals surface area contributed by atoms with Gasteiger partial charge in [0.25, 0.3) is 11.8 Å². The number of rotatable bonds is 16. The third-order valence-electron chi connectivity index (χ3n) is 14.0. The van der Waals surface area contributed by atoms with E-state index in [0.29, 0.717) is 55.1 Å². The van der Waals surface area contributed by atoms with Crippen molar-refractivity contribution in [2.24, 2.45) is 0 Å². The minimum atomic E-state index is -1.18. The minimum Gasteiger partial charge on any atom is -0.453 e. The van der Waals surface area contributed by atoms with E-state index in [-0.39, 0.29) is 18.9 Å². The normalized spacial score (nSPS) is 19.2. The van der Waals surface area contributed by atoms with E-state index in [0.717, 1.165) is 60.8 Å². The van der Waals surface area contributed by atoms with E-state index >= 15 is 0 Å². The van der Waals surface area contributed by atoms with E-state index in [4.69, 9.17) is 18.9 Å². The van der Waals surface area contributed by atoms with Crippen molar-refractivity contribution in [2.75, 3.05) is 51.2 Å². The van der Waals surface area contributed by atoms with E-state index < -0.39 is 65.3 Å². The summed E-state index contributed by atoms with van der Waals surface area (Å²) < 4.78 is 21.8. The average Bonchev–Trinajstić information content (AvgIpc) is 4.19. The molecule has 3 aliphatic heterocycles. The van der Waals surface area contributed by atoms with Crippen LogP contribution in [0.5, 0.6) is 0 Å². The summed E-state index contributed by atoms with van der Waals surface area (Å²) in [6.45, 7) is 5.31. The summed E-state index contributed by atoms with van der Waals surface area (Å²) in [5.74, 6) is -2.82. The Morgan fingerprint density at radius 2 is 1.13 bits per heavy atom. The Labute approximate surface area is 402 Å². The Hall–Kier alpha value is -6.78.